The number of likely N-dealkylation sites (N-methyl/N-ethyl adjacent to an activating group) is 1. The van der Waals surface area contributed by atoms with Crippen molar-refractivity contribution in [3.05, 3.63) is 65.1 Å². The third kappa shape index (κ3) is 6.84. The number of fused-ring (bicyclic) bond motifs is 1. The minimum absolute atomic E-state index is 0.428. The van der Waals surface area contributed by atoms with E-state index in [9.17, 15) is 4.79 Å². The number of hydrogen-bond acceptors (Lipinski definition) is 11. The Balaban J connectivity index is 1.20. The molecule has 11 heteroatoms. The van der Waals surface area contributed by atoms with Gasteiger partial charge in [-0.15, -0.1) is 0 Å². The number of likely N-dealkylation sites (tertiary alicyclic amines) is 1. The van der Waals surface area contributed by atoms with E-state index in [1.807, 2.05) is 32.9 Å². The van der Waals surface area contributed by atoms with Gasteiger partial charge in [-0.05, 0) is 83.8 Å². The van der Waals surface area contributed by atoms with Crippen LogP contribution in [0, 0.1) is 19.3 Å². The van der Waals surface area contributed by atoms with Crippen molar-refractivity contribution in [2.75, 3.05) is 76.0 Å². The SMILES string of the molecule is COc1cc(N2CCC3(CC2)CN(CCN(C)C)C3)c(C)cc1Nc1ncc(C)c(Nc2ccc3nccnc3c2C(C=O)=C(C)C)n1. The molecule has 2 fully saturated rings. The molecule has 4 aromatic rings. The molecule has 2 aliphatic rings. The first-order valence-electron chi connectivity index (χ1n) is 16.6. The summed E-state index contributed by atoms with van der Waals surface area (Å²) in [6.07, 6.45) is 8.37. The second-order valence-corrected chi connectivity index (χ2v) is 13.8. The van der Waals surface area contributed by atoms with Crippen molar-refractivity contribution in [2.24, 2.45) is 5.41 Å². The molecule has 48 heavy (non-hydrogen) atoms. The van der Waals surface area contributed by atoms with E-state index in [4.69, 9.17) is 9.72 Å². The summed E-state index contributed by atoms with van der Waals surface area (Å²) < 4.78 is 5.88. The molecule has 4 heterocycles. The number of methoxy groups -OCH3 is 1. The maximum Gasteiger partial charge on any atom is 0.229 e. The summed E-state index contributed by atoms with van der Waals surface area (Å²) in [5.41, 5.74) is 8.71. The van der Waals surface area contributed by atoms with E-state index in [-0.39, 0.29) is 0 Å². The monoisotopic (exact) mass is 649 g/mol. The van der Waals surface area contributed by atoms with Gasteiger partial charge in [-0.1, -0.05) is 5.57 Å². The number of piperidine rings is 1. The molecule has 0 atom stereocenters. The average Bonchev–Trinajstić information content (AvgIpc) is 3.05. The van der Waals surface area contributed by atoms with Gasteiger partial charge in [0.15, 0.2) is 6.29 Å². The lowest BCUT2D eigenvalue weighted by Gasteiger charge is -2.54. The fraction of sp³-hybridized carbons (Fsp3) is 0.432. The molecule has 0 amide bonds. The van der Waals surface area contributed by atoms with Gasteiger partial charge in [0, 0.05) is 92.0 Å². The molecule has 1 spiro atoms. The largest absolute Gasteiger partial charge is 0.494 e. The van der Waals surface area contributed by atoms with Gasteiger partial charge in [0.05, 0.1) is 23.8 Å². The number of allylic oxidation sites excluding steroid dienone is 2. The van der Waals surface area contributed by atoms with Crippen molar-refractivity contribution in [3.63, 3.8) is 0 Å². The van der Waals surface area contributed by atoms with E-state index < -0.39 is 0 Å². The highest BCUT2D eigenvalue weighted by Crippen LogP contribution is 2.43. The topological polar surface area (TPSA) is 112 Å². The van der Waals surface area contributed by atoms with Crippen LogP contribution < -0.4 is 20.3 Å². The van der Waals surface area contributed by atoms with Gasteiger partial charge < -0.3 is 30.1 Å². The van der Waals surface area contributed by atoms with Crippen LogP contribution in [-0.2, 0) is 4.79 Å². The maximum absolute atomic E-state index is 12.2. The van der Waals surface area contributed by atoms with Crippen molar-refractivity contribution in [3.8, 4) is 5.75 Å². The number of carbonyl (C=O) groups excluding carboxylic acids is 1. The van der Waals surface area contributed by atoms with E-state index in [1.165, 1.54) is 37.2 Å². The van der Waals surface area contributed by atoms with E-state index >= 15 is 0 Å². The van der Waals surface area contributed by atoms with Crippen molar-refractivity contribution < 1.29 is 9.53 Å². The number of rotatable bonds is 11. The standard InChI is InChI=1S/C37H47N9O2/c1-24(2)27(21-47)33-28(8-9-29-34(33)39-13-12-38-29)41-35-26(4)20-40-36(43-35)42-30-18-25(3)31(19-32(30)48-7)46-14-10-37(11-15-46)22-45(23-37)17-16-44(5)6/h8-9,12-13,18-21H,10-11,14-17,22-23H2,1-7H3,(H2,40,41,42,43). The van der Waals surface area contributed by atoms with Crippen LogP contribution in [0.4, 0.5) is 28.8 Å². The Morgan fingerprint density at radius 3 is 2.44 bits per heavy atom. The molecular weight excluding hydrogens is 602 g/mol. The summed E-state index contributed by atoms with van der Waals surface area (Å²) in [6, 6.07) is 8.05. The molecule has 252 valence electrons. The van der Waals surface area contributed by atoms with Crippen LogP contribution in [0.1, 0.15) is 43.4 Å². The zero-order valence-electron chi connectivity index (χ0n) is 29.2. The first-order valence-corrected chi connectivity index (χ1v) is 16.6. The molecule has 2 saturated heterocycles. The Labute approximate surface area is 283 Å². The van der Waals surface area contributed by atoms with E-state index in [0.717, 1.165) is 55.0 Å². The normalized spacial score (nSPS) is 15.8. The van der Waals surface area contributed by atoms with Crippen molar-refractivity contribution in [2.45, 2.75) is 40.5 Å². The average molecular weight is 650 g/mol. The number of nitrogens with one attached hydrogen (secondary N) is 2. The third-order valence-electron chi connectivity index (χ3n) is 9.70. The zero-order valence-corrected chi connectivity index (χ0v) is 29.2. The van der Waals surface area contributed by atoms with Crippen LogP contribution in [0.3, 0.4) is 0 Å². The summed E-state index contributed by atoms with van der Waals surface area (Å²) in [6.45, 7) is 14.7. The van der Waals surface area contributed by atoms with Crippen LogP contribution in [0.25, 0.3) is 16.6 Å². The number of aldehydes is 1. The summed E-state index contributed by atoms with van der Waals surface area (Å²) in [5, 5.41) is 6.85. The summed E-state index contributed by atoms with van der Waals surface area (Å²) in [7, 11) is 5.98. The van der Waals surface area contributed by atoms with Gasteiger partial charge >= 0.3 is 0 Å². The fourth-order valence-corrected chi connectivity index (χ4v) is 6.94. The van der Waals surface area contributed by atoms with Crippen LogP contribution in [0.15, 0.2) is 48.4 Å². The Bertz CT molecular complexity index is 1830. The minimum atomic E-state index is 0.428. The lowest BCUT2D eigenvalue weighted by atomic mass is 9.72. The number of benzene rings is 2. The molecule has 2 aromatic heterocycles. The molecule has 0 saturated carbocycles. The highest BCUT2D eigenvalue weighted by atomic mass is 16.5. The number of aromatic nitrogens is 4. The second kappa shape index (κ2) is 13.9. The first kappa shape index (κ1) is 33.3. The molecule has 2 aromatic carbocycles. The summed E-state index contributed by atoms with van der Waals surface area (Å²) in [4.78, 5) is 38.0. The lowest BCUT2D eigenvalue weighted by molar-refractivity contribution is -0.103. The molecule has 0 radical (unpaired) electrons. The molecule has 11 nitrogen and oxygen atoms in total. The van der Waals surface area contributed by atoms with Crippen molar-refractivity contribution in [1.29, 1.82) is 0 Å². The predicted octanol–water partition coefficient (Wildman–Crippen LogP) is 5.99. The van der Waals surface area contributed by atoms with E-state index in [1.54, 1.807) is 25.7 Å². The van der Waals surface area contributed by atoms with Gasteiger partial charge in [0.1, 0.15) is 11.6 Å². The fourth-order valence-electron chi connectivity index (χ4n) is 6.94. The molecule has 0 bridgehead atoms. The summed E-state index contributed by atoms with van der Waals surface area (Å²) in [5.74, 6) is 1.78. The van der Waals surface area contributed by atoms with Crippen LogP contribution in [0.5, 0.6) is 5.75 Å². The van der Waals surface area contributed by atoms with Gasteiger partial charge in [-0.3, -0.25) is 14.8 Å². The molecule has 2 aliphatic heterocycles. The van der Waals surface area contributed by atoms with Gasteiger partial charge in [-0.2, -0.15) is 4.98 Å². The van der Waals surface area contributed by atoms with E-state index in [0.29, 0.717) is 45.0 Å². The molecular formula is C37H47N9O2. The van der Waals surface area contributed by atoms with Crippen LogP contribution in [-0.4, -0.2) is 96.5 Å². The van der Waals surface area contributed by atoms with Crippen molar-refractivity contribution in [1.82, 2.24) is 29.7 Å². The second-order valence-electron chi connectivity index (χ2n) is 13.8. The van der Waals surface area contributed by atoms with Gasteiger partial charge in [0.25, 0.3) is 0 Å². The van der Waals surface area contributed by atoms with Gasteiger partial charge in [0.2, 0.25) is 5.95 Å². The maximum atomic E-state index is 12.2. The Kier molecular flexibility index (Phi) is 9.61. The van der Waals surface area contributed by atoms with Crippen LogP contribution >= 0.6 is 0 Å². The number of anilines is 5. The molecule has 6 rings (SSSR count). The Morgan fingerprint density at radius 1 is 1.00 bits per heavy atom. The zero-order chi connectivity index (χ0) is 34.0. The smallest absolute Gasteiger partial charge is 0.229 e. The van der Waals surface area contributed by atoms with E-state index in [2.05, 4.69) is 73.4 Å². The van der Waals surface area contributed by atoms with Gasteiger partial charge in [-0.25, -0.2) is 4.98 Å². The third-order valence-corrected chi connectivity index (χ3v) is 9.70. The first-order chi connectivity index (χ1) is 23.1. The Hall–Kier alpha value is -4.61. The molecule has 0 unspecified atom stereocenters. The predicted molar refractivity (Wildman–Crippen MR) is 194 cm³/mol. The molecule has 0 aliphatic carbocycles. The Morgan fingerprint density at radius 2 is 1.75 bits per heavy atom. The minimum Gasteiger partial charge on any atom is -0.494 e. The number of hydrogen-bond donors (Lipinski definition) is 2. The number of aryl methyl sites for hydroxylation is 2. The number of nitrogens with zero attached hydrogens (tertiary/aromatic N) is 7. The summed E-state index contributed by atoms with van der Waals surface area (Å²) >= 11 is 0. The van der Waals surface area contributed by atoms with Crippen molar-refractivity contribution >= 4 is 51.7 Å². The lowest BCUT2D eigenvalue weighted by Crippen LogP contribution is -2.61. The number of carbonyl (C=O) groups is 1. The highest BCUT2D eigenvalue weighted by molar-refractivity contribution is 6.15. The van der Waals surface area contributed by atoms with Crippen LogP contribution in [0.2, 0.25) is 0 Å². The number of ether oxygens (including phenoxy) is 1. The highest BCUT2D eigenvalue weighted by Gasteiger charge is 2.44. The molecule has 2 N–H and O–H groups in total. The quantitative estimate of drug-likeness (QED) is 0.148.